The van der Waals surface area contributed by atoms with Crippen LogP contribution in [0.15, 0.2) is 65.0 Å². The maximum atomic E-state index is 12.7. The predicted octanol–water partition coefficient (Wildman–Crippen LogP) is 4.20. The molecule has 1 aliphatic rings. The number of anilines is 1. The number of amides is 1. The summed E-state index contributed by atoms with van der Waals surface area (Å²) in [5.74, 6) is 2.22. The third kappa shape index (κ3) is 4.94. The molecule has 9 heteroatoms. The number of hydrogen-bond acceptors (Lipinski definition) is 8. The summed E-state index contributed by atoms with van der Waals surface area (Å²) in [6.45, 7) is 2.85. The maximum Gasteiger partial charge on any atom is 0.233 e. The monoisotopic (exact) mass is 477 g/mol. The second-order valence-electron chi connectivity index (χ2n) is 7.61. The number of ether oxygens (including phenoxy) is 1. The van der Waals surface area contributed by atoms with Gasteiger partial charge in [0, 0.05) is 31.7 Å². The van der Waals surface area contributed by atoms with Gasteiger partial charge < -0.3 is 14.5 Å². The number of methoxy groups -OCH3 is 1. The van der Waals surface area contributed by atoms with E-state index in [0.29, 0.717) is 18.8 Å². The summed E-state index contributed by atoms with van der Waals surface area (Å²) < 4.78 is 7.30. The molecule has 4 aromatic rings. The number of thiazole rings is 1. The fraction of sp³-hybridized carbons (Fsp3) is 0.250. The summed E-state index contributed by atoms with van der Waals surface area (Å²) in [6, 6.07) is 19.8. The number of benzene rings is 2. The summed E-state index contributed by atoms with van der Waals surface area (Å²) in [6.07, 6.45) is 0. The molecule has 1 aliphatic heterocycles. The normalized spacial score (nSPS) is 14.0. The number of fused-ring (bicyclic) bond motifs is 1. The summed E-state index contributed by atoms with van der Waals surface area (Å²) in [5, 5.41) is 8.81. The lowest BCUT2D eigenvalue weighted by Crippen LogP contribution is -2.49. The van der Waals surface area contributed by atoms with Crippen molar-refractivity contribution in [3.63, 3.8) is 0 Å². The van der Waals surface area contributed by atoms with Crippen LogP contribution in [0.3, 0.4) is 0 Å². The molecule has 0 radical (unpaired) electrons. The number of rotatable bonds is 6. The third-order valence-electron chi connectivity index (χ3n) is 5.59. The van der Waals surface area contributed by atoms with Gasteiger partial charge in [-0.2, -0.15) is 0 Å². The minimum Gasteiger partial charge on any atom is -0.497 e. The van der Waals surface area contributed by atoms with Gasteiger partial charge in [-0.15, -0.1) is 21.5 Å². The van der Waals surface area contributed by atoms with Crippen molar-refractivity contribution in [2.24, 2.45) is 0 Å². The zero-order valence-corrected chi connectivity index (χ0v) is 19.8. The molecule has 1 fully saturated rings. The number of para-hydroxylation sites is 1. The number of carbonyl (C=O) groups is 1. The number of nitrogens with zero attached hydrogens (tertiary/aromatic N) is 5. The highest BCUT2D eigenvalue weighted by atomic mass is 32.2. The summed E-state index contributed by atoms with van der Waals surface area (Å²) in [5.41, 5.74) is 2.81. The third-order valence-corrected chi connectivity index (χ3v) is 7.75. The van der Waals surface area contributed by atoms with Gasteiger partial charge in [0.2, 0.25) is 5.91 Å². The predicted molar refractivity (Wildman–Crippen MR) is 133 cm³/mol. The molecule has 2 aromatic carbocycles. The average molecular weight is 478 g/mol. The molecule has 7 nitrogen and oxygen atoms in total. The molecule has 168 valence electrons. The van der Waals surface area contributed by atoms with E-state index in [0.717, 1.165) is 50.5 Å². The number of piperazine rings is 1. The summed E-state index contributed by atoms with van der Waals surface area (Å²) in [7, 11) is 1.65. The smallest absolute Gasteiger partial charge is 0.233 e. The molecular weight excluding hydrogens is 454 g/mol. The SMILES string of the molecule is COc1ccc(-c2ccc(N3CCN(C(=O)CSc4nc5ccccc5s4)CC3)nn2)cc1. The first-order chi connectivity index (χ1) is 16.2. The molecule has 0 atom stereocenters. The Labute approximate surface area is 200 Å². The van der Waals surface area contributed by atoms with Gasteiger partial charge >= 0.3 is 0 Å². The van der Waals surface area contributed by atoms with Crippen molar-refractivity contribution >= 4 is 45.0 Å². The Morgan fingerprint density at radius 3 is 2.48 bits per heavy atom. The van der Waals surface area contributed by atoms with Gasteiger partial charge in [0.25, 0.3) is 0 Å². The Morgan fingerprint density at radius 2 is 1.79 bits per heavy atom. The van der Waals surface area contributed by atoms with Crippen LogP contribution in [0.2, 0.25) is 0 Å². The van der Waals surface area contributed by atoms with Gasteiger partial charge in [-0.05, 0) is 48.5 Å². The van der Waals surface area contributed by atoms with Crippen LogP contribution >= 0.6 is 23.1 Å². The van der Waals surface area contributed by atoms with Crippen molar-refractivity contribution in [1.82, 2.24) is 20.1 Å². The topological polar surface area (TPSA) is 71.5 Å². The Hall–Kier alpha value is -3.17. The van der Waals surface area contributed by atoms with E-state index in [1.807, 2.05) is 59.5 Å². The van der Waals surface area contributed by atoms with Crippen molar-refractivity contribution in [3.05, 3.63) is 60.7 Å². The van der Waals surface area contributed by atoms with E-state index in [-0.39, 0.29) is 5.91 Å². The van der Waals surface area contributed by atoms with Crippen molar-refractivity contribution < 1.29 is 9.53 Å². The van der Waals surface area contributed by atoms with Crippen molar-refractivity contribution in [1.29, 1.82) is 0 Å². The second-order valence-corrected chi connectivity index (χ2v) is 9.86. The molecule has 0 aliphatic carbocycles. The molecule has 0 bridgehead atoms. The Morgan fingerprint density at radius 1 is 1.00 bits per heavy atom. The Kier molecular flexibility index (Phi) is 6.41. The molecule has 2 aromatic heterocycles. The standard InChI is InChI=1S/C24H23N5O2S2/c1-31-18-8-6-17(7-9-18)19-10-11-22(27-26-19)28-12-14-29(15-13-28)23(30)16-32-24-25-20-4-2-3-5-21(20)33-24/h2-11H,12-16H2,1H3. The van der Waals surface area contributed by atoms with Crippen LogP contribution in [0.25, 0.3) is 21.5 Å². The van der Waals surface area contributed by atoms with Gasteiger partial charge in [-0.25, -0.2) is 4.98 Å². The van der Waals surface area contributed by atoms with E-state index >= 15 is 0 Å². The second kappa shape index (κ2) is 9.76. The van der Waals surface area contributed by atoms with Gasteiger partial charge in [-0.1, -0.05) is 23.9 Å². The molecule has 5 rings (SSSR count). The lowest BCUT2D eigenvalue weighted by Gasteiger charge is -2.35. The van der Waals surface area contributed by atoms with Crippen LogP contribution in [0.5, 0.6) is 5.75 Å². The quantitative estimate of drug-likeness (QED) is 0.385. The van der Waals surface area contributed by atoms with Crippen LogP contribution < -0.4 is 9.64 Å². The molecule has 0 saturated carbocycles. The van der Waals surface area contributed by atoms with Crippen molar-refractivity contribution in [2.75, 3.05) is 43.9 Å². The maximum absolute atomic E-state index is 12.7. The molecule has 0 unspecified atom stereocenters. The lowest BCUT2D eigenvalue weighted by atomic mass is 10.1. The number of aromatic nitrogens is 3. The van der Waals surface area contributed by atoms with E-state index in [1.165, 1.54) is 11.8 Å². The minimum absolute atomic E-state index is 0.153. The minimum atomic E-state index is 0.153. The average Bonchev–Trinajstić information content (AvgIpc) is 3.31. The first kappa shape index (κ1) is 21.7. The molecule has 3 heterocycles. The number of carbonyl (C=O) groups excluding carboxylic acids is 1. The number of hydrogen-bond donors (Lipinski definition) is 0. The first-order valence-electron chi connectivity index (χ1n) is 10.7. The summed E-state index contributed by atoms with van der Waals surface area (Å²) in [4.78, 5) is 21.4. The van der Waals surface area contributed by atoms with Crippen LogP contribution in [-0.2, 0) is 4.79 Å². The van der Waals surface area contributed by atoms with Gasteiger partial charge in [0.05, 0.1) is 28.8 Å². The largest absolute Gasteiger partial charge is 0.497 e. The zero-order valence-electron chi connectivity index (χ0n) is 18.2. The van der Waals surface area contributed by atoms with Gasteiger partial charge in [0.15, 0.2) is 10.2 Å². The van der Waals surface area contributed by atoms with Crippen molar-refractivity contribution in [3.8, 4) is 17.0 Å². The molecule has 1 amide bonds. The fourth-order valence-corrected chi connectivity index (χ4v) is 5.69. The van der Waals surface area contributed by atoms with Crippen LogP contribution in [-0.4, -0.2) is 65.0 Å². The highest BCUT2D eigenvalue weighted by Gasteiger charge is 2.22. The molecule has 0 spiro atoms. The molecular formula is C24H23N5O2S2. The Bertz CT molecular complexity index is 1200. The zero-order chi connectivity index (χ0) is 22.6. The first-order valence-corrected chi connectivity index (χ1v) is 12.5. The number of thioether (sulfide) groups is 1. The fourth-order valence-electron chi connectivity index (χ4n) is 3.72. The van der Waals surface area contributed by atoms with Crippen LogP contribution in [0.1, 0.15) is 0 Å². The van der Waals surface area contributed by atoms with Gasteiger partial charge in [-0.3, -0.25) is 4.79 Å². The molecule has 0 N–H and O–H groups in total. The van der Waals surface area contributed by atoms with E-state index in [9.17, 15) is 4.79 Å². The van der Waals surface area contributed by atoms with E-state index in [4.69, 9.17) is 4.74 Å². The Balaban J connectivity index is 1.13. The molecule has 1 saturated heterocycles. The van der Waals surface area contributed by atoms with E-state index in [1.54, 1.807) is 18.4 Å². The molecule has 33 heavy (non-hydrogen) atoms. The van der Waals surface area contributed by atoms with Crippen LogP contribution in [0, 0.1) is 0 Å². The van der Waals surface area contributed by atoms with E-state index in [2.05, 4.69) is 26.1 Å². The van der Waals surface area contributed by atoms with Crippen molar-refractivity contribution in [2.45, 2.75) is 4.34 Å². The highest BCUT2D eigenvalue weighted by Crippen LogP contribution is 2.29. The summed E-state index contributed by atoms with van der Waals surface area (Å²) >= 11 is 3.16. The highest BCUT2D eigenvalue weighted by molar-refractivity contribution is 8.01. The lowest BCUT2D eigenvalue weighted by molar-refractivity contribution is -0.128. The van der Waals surface area contributed by atoms with Gasteiger partial charge in [0.1, 0.15) is 5.75 Å². The van der Waals surface area contributed by atoms with E-state index < -0.39 is 0 Å². The van der Waals surface area contributed by atoms with Crippen LogP contribution in [0.4, 0.5) is 5.82 Å².